The second-order valence-electron chi connectivity index (χ2n) is 11.6. The van der Waals surface area contributed by atoms with Crippen molar-refractivity contribution in [1.82, 2.24) is 5.06 Å². The topological polar surface area (TPSA) is 66.5 Å². The Morgan fingerprint density at radius 1 is 0.833 bits per heavy atom. The van der Waals surface area contributed by atoms with Crippen LogP contribution >= 0.6 is 0 Å². The van der Waals surface area contributed by atoms with Crippen molar-refractivity contribution in [3.8, 4) is 11.5 Å². The van der Waals surface area contributed by atoms with Gasteiger partial charge in [0.1, 0.15) is 23.7 Å². The number of ether oxygens (including phenoxy) is 4. The van der Waals surface area contributed by atoms with Gasteiger partial charge < -0.3 is 23.8 Å². The maximum Gasteiger partial charge on any atom is 0.528 e. The predicted molar refractivity (Wildman–Crippen MR) is 163 cm³/mol. The molecule has 2 atom stereocenters. The number of carbonyl (C=O) groups is 1. The maximum absolute atomic E-state index is 12.4. The van der Waals surface area contributed by atoms with Crippen molar-refractivity contribution in [3.63, 3.8) is 0 Å². The Kier molecular flexibility index (Phi) is 9.30. The summed E-state index contributed by atoms with van der Waals surface area (Å²) in [7, 11) is 1.65. The summed E-state index contributed by atoms with van der Waals surface area (Å²) in [6, 6.07) is 30.8. The zero-order valence-corrected chi connectivity index (χ0v) is 24.7. The molecule has 4 aromatic rings. The maximum atomic E-state index is 12.4. The standard InChI is InChI=1S/C35H39NO6/c1-35(2,3)41-34(37)42-36-20-19-32(33(22-36)40-24-26-11-12-27-7-5-6-8-29(27)21-26)28-13-9-25(10-14-28)23-39-31-17-15-30(38-4)16-18-31/h5-18,21,32-33H,19-20,22-24H2,1-4H3. The van der Waals surface area contributed by atoms with Crippen molar-refractivity contribution in [2.45, 2.75) is 58.0 Å². The van der Waals surface area contributed by atoms with E-state index in [0.29, 0.717) is 26.3 Å². The van der Waals surface area contributed by atoms with Crippen molar-refractivity contribution in [1.29, 1.82) is 0 Å². The smallest absolute Gasteiger partial charge is 0.497 e. The Labute approximate surface area is 247 Å². The molecule has 7 heteroatoms. The molecule has 220 valence electrons. The third kappa shape index (κ3) is 8.02. The Morgan fingerprint density at radius 3 is 2.24 bits per heavy atom. The highest BCUT2D eigenvalue weighted by molar-refractivity contribution is 5.82. The monoisotopic (exact) mass is 569 g/mol. The molecule has 0 radical (unpaired) electrons. The number of benzene rings is 4. The molecule has 0 spiro atoms. The van der Waals surface area contributed by atoms with Gasteiger partial charge in [-0.2, -0.15) is 0 Å². The first-order chi connectivity index (χ1) is 20.3. The first kappa shape index (κ1) is 29.4. The number of fused-ring (bicyclic) bond motifs is 1. The van der Waals surface area contributed by atoms with E-state index < -0.39 is 11.8 Å². The zero-order chi connectivity index (χ0) is 29.5. The second kappa shape index (κ2) is 13.3. The minimum absolute atomic E-state index is 0.139. The molecule has 0 N–H and O–H groups in total. The van der Waals surface area contributed by atoms with Gasteiger partial charge in [0.05, 0.1) is 26.4 Å². The molecule has 42 heavy (non-hydrogen) atoms. The molecule has 1 aliphatic heterocycles. The van der Waals surface area contributed by atoms with E-state index in [2.05, 4.69) is 54.6 Å². The summed E-state index contributed by atoms with van der Waals surface area (Å²) in [6.07, 6.45) is -0.114. The fourth-order valence-electron chi connectivity index (χ4n) is 5.13. The molecule has 0 aromatic heterocycles. The number of carbonyl (C=O) groups excluding carboxylic acids is 1. The first-order valence-corrected chi connectivity index (χ1v) is 14.4. The van der Waals surface area contributed by atoms with Crippen molar-refractivity contribution < 1.29 is 28.6 Å². The lowest BCUT2D eigenvalue weighted by Crippen LogP contribution is -2.45. The molecule has 5 rings (SSSR count). The van der Waals surface area contributed by atoms with Gasteiger partial charge in [-0.1, -0.05) is 60.7 Å². The fourth-order valence-corrected chi connectivity index (χ4v) is 5.13. The number of piperidine rings is 1. The number of rotatable bonds is 9. The number of nitrogens with zero attached hydrogens (tertiary/aromatic N) is 1. The molecule has 2 unspecified atom stereocenters. The SMILES string of the molecule is COc1ccc(OCc2ccc(C3CCN(OC(=O)OC(C)(C)C)CC3OCc3ccc4ccccc4c3)cc2)cc1. The van der Waals surface area contributed by atoms with E-state index >= 15 is 0 Å². The van der Waals surface area contributed by atoms with Crippen LogP contribution in [0.15, 0.2) is 91.0 Å². The van der Waals surface area contributed by atoms with E-state index in [1.54, 1.807) is 12.2 Å². The summed E-state index contributed by atoms with van der Waals surface area (Å²) in [4.78, 5) is 17.9. The van der Waals surface area contributed by atoms with Crippen molar-refractivity contribution in [2.24, 2.45) is 0 Å². The molecule has 1 fully saturated rings. The van der Waals surface area contributed by atoms with Crippen LogP contribution in [0.5, 0.6) is 11.5 Å². The lowest BCUT2D eigenvalue weighted by Gasteiger charge is -2.37. The zero-order valence-electron chi connectivity index (χ0n) is 24.7. The van der Waals surface area contributed by atoms with E-state index in [1.165, 1.54) is 16.3 Å². The largest absolute Gasteiger partial charge is 0.528 e. The highest BCUT2D eigenvalue weighted by Crippen LogP contribution is 2.32. The number of methoxy groups -OCH3 is 1. The average molecular weight is 570 g/mol. The van der Waals surface area contributed by atoms with Crippen LogP contribution < -0.4 is 9.47 Å². The van der Waals surface area contributed by atoms with Gasteiger partial charge in [0.15, 0.2) is 0 Å². The quantitative estimate of drug-likeness (QED) is 0.192. The molecular formula is C35H39NO6. The van der Waals surface area contributed by atoms with Crippen LogP contribution in [-0.2, 0) is 27.5 Å². The van der Waals surface area contributed by atoms with Gasteiger partial charge in [-0.05, 0) is 85.0 Å². The van der Waals surface area contributed by atoms with Crippen LogP contribution in [0, 0.1) is 0 Å². The van der Waals surface area contributed by atoms with Gasteiger partial charge in [0, 0.05) is 12.5 Å². The van der Waals surface area contributed by atoms with Crippen molar-refractivity contribution in [2.75, 3.05) is 20.2 Å². The molecule has 4 aromatic carbocycles. The second-order valence-corrected chi connectivity index (χ2v) is 11.6. The Bertz CT molecular complexity index is 1460. The molecule has 7 nitrogen and oxygen atoms in total. The van der Waals surface area contributed by atoms with Gasteiger partial charge in [0.25, 0.3) is 0 Å². The third-order valence-electron chi connectivity index (χ3n) is 7.27. The summed E-state index contributed by atoms with van der Waals surface area (Å²) in [5.41, 5.74) is 2.74. The van der Waals surface area contributed by atoms with Crippen LogP contribution in [0.3, 0.4) is 0 Å². The normalized spacial score (nSPS) is 17.5. The number of hydrogen-bond donors (Lipinski definition) is 0. The lowest BCUT2D eigenvalue weighted by molar-refractivity contribution is -0.179. The molecule has 1 saturated heterocycles. The van der Waals surface area contributed by atoms with Crippen LogP contribution in [0.4, 0.5) is 4.79 Å². The van der Waals surface area contributed by atoms with Gasteiger partial charge in [-0.25, -0.2) is 4.79 Å². The summed E-state index contributed by atoms with van der Waals surface area (Å²) in [5.74, 6) is 1.73. The highest BCUT2D eigenvalue weighted by atomic mass is 16.8. The van der Waals surface area contributed by atoms with Gasteiger partial charge in [0.2, 0.25) is 0 Å². The Balaban J connectivity index is 1.26. The summed E-state index contributed by atoms with van der Waals surface area (Å²) >= 11 is 0. The molecular weight excluding hydrogens is 530 g/mol. The minimum atomic E-state index is -0.699. The average Bonchev–Trinajstić information content (AvgIpc) is 2.98. The number of hydrogen-bond acceptors (Lipinski definition) is 7. The third-order valence-corrected chi connectivity index (χ3v) is 7.27. The Hall–Kier alpha value is -4.07. The molecule has 1 heterocycles. The molecule has 0 bridgehead atoms. The van der Waals surface area contributed by atoms with E-state index in [-0.39, 0.29) is 12.0 Å². The van der Waals surface area contributed by atoms with E-state index in [0.717, 1.165) is 29.0 Å². The fraction of sp³-hybridized carbons (Fsp3) is 0.343. The first-order valence-electron chi connectivity index (χ1n) is 14.4. The molecule has 0 aliphatic carbocycles. The van der Waals surface area contributed by atoms with Crippen LogP contribution in [0.25, 0.3) is 10.8 Å². The Morgan fingerprint density at radius 2 is 1.52 bits per heavy atom. The minimum Gasteiger partial charge on any atom is -0.497 e. The highest BCUT2D eigenvalue weighted by Gasteiger charge is 2.34. The van der Waals surface area contributed by atoms with Crippen LogP contribution in [0.1, 0.15) is 49.8 Å². The van der Waals surface area contributed by atoms with E-state index in [4.69, 9.17) is 23.8 Å². The van der Waals surface area contributed by atoms with Gasteiger partial charge in [-0.15, -0.1) is 5.06 Å². The van der Waals surface area contributed by atoms with Crippen molar-refractivity contribution in [3.05, 3.63) is 108 Å². The lowest BCUT2D eigenvalue weighted by atomic mass is 9.87. The van der Waals surface area contributed by atoms with Crippen LogP contribution in [-0.4, -0.2) is 43.1 Å². The van der Waals surface area contributed by atoms with Gasteiger partial charge >= 0.3 is 6.16 Å². The van der Waals surface area contributed by atoms with Crippen molar-refractivity contribution >= 4 is 16.9 Å². The molecule has 1 aliphatic rings. The molecule has 0 saturated carbocycles. The summed E-state index contributed by atoms with van der Waals surface area (Å²) < 4.78 is 23.1. The molecule has 0 amide bonds. The number of hydroxylamine groups is 2. The predicted octanol–water partition coefficient (Wildman–Crippen LogP) is 7.67. The van der Waals surface area contributed by atoms with E-state index in [9.17, 15) is 4.79 Å². The summed E-state index contributed by atoms with van der Waals surface area (Å²) in [6.45, 7) is 7.42. The van der Waals surface area contributed by atoms with Crippen LogP contribution in [0.2, 0.25) is 0 Å². The van der Waals surface area contributed by atoms with E-state index in [1.807, 2.05) is 57.2 Å². The van der Waals surface area contributed by atoms with Gasteiger partial charge in [-0.3, -0.25) is 0 Å². The summed E-state index contributed by atoms with van der Waals surface area (Å²) in [5, 5.41) is 4.04.